The van der Waals surface area contributed by atoms with Crippen molar-refractivity contribution in [2.24, 2.45) is 0 Å². The van der Waals surface area contributed by atoms with Gasteiger partial charge in [-0.2, -0.15) is 11.8 Å². The van der Waals surface area contributed by atoms with Gasteiger partial charge in [-0.15, -0.1) is 0 Å². The third kappa shape index (κ3) is 3.45. The summed E-state index contributed by atoms with van der Waals surface area (Å²) in [6.07, 6.45) is 3.56. The molecule has 0 saturated carbocycles. The molecule has 0 bridgehead atoms. The topological polar surface area (TPSA) is 12.0 Å². The predicted molar refractivity (Wildman–Crippen MR) is 72.9 cm³/mol. The van der Waals surface area contributed by atoms with Crippen molar-refractivity contribution >= 4 is 11.8 Å². The van der Waals surface area contributed by atoms with Crippen molar-refractivity contribution < 1.29 is 8.78 Å². The van der Waals surface area contributed by atoms with E-state index in [1.807, 2.05) is 18.7 Å². The quantitative estimate of drug-likeness (QED) is 0.891. The van der Waals surface area contributed by atoms with Crippen LogP contribution in [0.2, 0.25) is 0 Å². The normalized spacial score (nSPS) is 21.8. The van der Waals surface area contributed by atoms with Crippen LogP contribution in [0.15, 0.2) is 18.2 Å². The van der Waals surface area contributed by atoms with E-state index in [9.17, 15) is 8.78 Å². The van der Waals surface area contributed by atoms with E-state index in [2.05, 4.69) is 5.32 Å². The molecule has 4 heteroatoms. The van der Waals surface area contributed by atoms with E-state index in [0.29, 0.717) is 5.25 Å². The number of rotatable bonds is 4. The summed E-state index contributed by atoms with van der Waals surface area (Å²) in [6, 6.07) is 3.88. The zero-order chi connectivity index (χ0) is 13.0. The number of thioether (sulfide) groups is 1. The Kier molecular flexibility index (Phi) is 5.01. The summed E-state index contributed by atoms with van der Waals surface area (Å²) >= 11 is 1.91. The van der Waals surface area contributed by atoms with Crippen molar-refractivity contribution in [3.05, 3.63) is 35.4 Å². The number of hydrogen-bond acceptors (Lipinski definition) is 2. The van der Waals surface area contributed by atoms with Gasteiger partial charge in [-0.1, -0.05) is 13.3 Å². The summed E-state index contributed by atoms with van der Waals surface area (Å²) in [4.78, 5) is 0. The van der Waals surface area contributed by atoms with Crippen LogP contribution in [0, 0.1) is 11.6 Å². The molecule has 1 aliphatic heterocycles. The minimum atomic E-state index is -0.492. The van der Waals surface area contributed by atoms with Crippen molar-refractivity contribution in [2.75, 3.05) is 12.3 Å². The van der Waals surface area contributed by atoms with Gasteiger partial charge in [-0.05, 0) is 42.8 Å². The largest absolute Gasteiger partial charge is 0.309 e. The Hall–Kier alpha value is -0.610. The summed E-state index contributed by atoms with van der Waals surface area (Å²) in [5.41, 5.74) is 0.730. The first-order valence-corrected chi connectivity index (χ1v) is 7.56. The molecule has 1 heterocycles. The summed E-state index contributed by atoms with van der Waals surface area (Å²) in [6.45, 7) is 2.83. The fourth-order valence-corrected chi connectivity index (χ4v) is 3.92. The van der Waals surface area contributed by atoms with Crippen molar-refractivity contribution in [2.45, 2.75) is 37.5 Å². The van der Waals surface area contributed by atoms with Gasteiger partial charge in [0.05, 0.1) is 0 Å². The molecular weight excluding hydrogens is 252 g/mol. The standard InChI is InChI=1S/C14H19F2NS/c1-2-17-14(13-5-3-4-6-18-13)10-7-11(15)9-12(16)8-10/h7-9,13-14,17H,2-6H2,1H3. The molecule has 1 aromatic carbocycles. The number of hydrogen-bond donors (Lipinski definition) is 1. The van der Waals surface area contributed by atoms with Crippen molar-refractivity contribution in [3.8, 4) is 0 Å². The fourth-order valence-electron chi connectivity index (χ4n) is 2.47. The second-order valence-electron chi connectivity index (χ2n) is 4.64. The fraction of sp³-hybridized carbons (Fsp3) is 0.571. The molecule has 1 nitrogen and oxygen atoms in total. The lowest BCUT2D eigenvalue weighted by atomic mass is 9.99. The van der Waals surface area contributed by atoms with E-state index < -0.39 is 11.6 Å². The highest BCUT2D eigenvalue weighted by Gasteiger charge is 2.25. The van der Waals surface area contributed by atoms with Gasteiger partial charge in [0.15, 0.2) is 0 Å². The third-order valence-corrected chi connectivity index (χ3v) is 4.72. The van der Waals surface area contributed by atoms with Crippen LogP contribution < -0.4 is 5.32 Å². The van der Waals surface area contributed by atoms with E-state index in [0.717, 1.165) is 30.3 Å². The van der Waals surface area contributed by atoms with E-state index >= 15 is 0 Å². The van der Waals surface area contributed by atoms with Gasteiger partial charge in [-0.25, -0.2) is 8.78 Å². The highest BCUT2D eigenvalue weighted by molar-refractivity contribution is 8.00. The molecule has 1 aliphatic rings. The minimum Gasteiger partial charge on any atom is -0.309 e. The van der Waals surface area contributed by atoms with Gasteiger partial charge in [0.25, 0.3) is 0 Å². The monoisotopic (exact) mass is 271 g/mol. The lowest BCUT2D eigenvalue weighted by molar-refractivity contribution is 0.483. The van der Waals surface area contributed by atoms with Crippen LogP contribution in [-0.2, 0) is 0 Å². The molecule has 0 aromatic heterocycles. The lowest BCUT2D eigenvalue weighted by Crippen LogP contribution is -2.32. The van der Waals surface area contributed by atoms with Crippen molar-refractivity contribution in [3.63, 3.8) is 0 Å². The second-order valence-corrected chi connectivity index (χ2v) is 5.99. The molecule has 100 valence electrons. The summed E-state index contributed by atoms with van der Waals surface area (Å²) in [5.74, 6) is 0.159. The lowest BCUT2D eigenvalue weighted by Gasteiger charge is -2.30. The van der Waals surface area contributed by atoms with Crippen LogP contribution in [-0.4, -0.2) is 17.5 Å². The molecule has 0 aliphatic carbocycles. The molecule has 0 amide bonds. The Balaban J connectivity index is 2.22. The molecule has 0 spiro atoms. The smallest absolute Gasteiger partial charge is 0.126 e. The first-order chi connectivity index (χ1) is 8.70. The molecule has 18 heavy (non-hydrogen) atoms. The Morgan fingerprint density at radius 2 is 2.00 bits per heavy atom. The van der Waals surface area contributed by atoms with Gasteiger partial charge >= 0.3 is 0 Å². The van der Waals surface area contributed by atoms with Gasteiger partial charge in [0, 0.05) is 17.4 Å². The van der Waals surface area contributed by atoms with Crippen LogP contribution in [0.5, 0.6) is 0 Å². The molecule has 1 aromatic rings. The number of benzene rings is 1. The highest BCUT2D eigenvalue weighted by atomic mass is 32.2. The van der Waals surface area contributed by atoms with Gasteiger partial charge in [-0.3, -0.25) is 0 Å². The zero-order valence-electron chi connectivity index (χ0n) is 10.6. The molecule has 2 rings (SSSR count). The summed E-state index contributed by atoms with van der Waals surface area (Å²) in [7, 11) is 0. The molecule has 0 radical (unpaired) electrons. The van der Waals surface area contributed by atoms with Gasteiger partial charge < -0.3 is 5.32 Å². The Morgan fingerprint density at radius 3 is 2.56 bits per heavy atom. The maximum absolute atomic E-state index is 13.3. The predicted octanol–water partition coefficient (Wildman–Crippen LogP) is 3.90. The first-order valence-electron chi connectivity index (χ1n) is 6.51. The van der Waals surface area contributed by atoms with Crippen LogP contribution in [0.25, 0.3) is 0 Å². The first kappa shape index (κ1) is 13.8. The van der Waals surface area contributed by atoms with Crippen molar-refractivity contribution in [1.82, 2.24) is 5.32 Å². The van der Waals surface area contributed by atoms with Crippen LogP contribution in [0.4, 0.5) is 8.78 Å². The molecule has 1 fully saturated rings. The molecular formula is C14H19F2NS. The van der Waals surface area contributed by atoms with Crippen molar-refractivity contribution in [1.29, 1.82) is 0 Å². The Morgan fingerprint density at radius 1 is 1.28 bits per heavy atom. The highest BCUT2D eigenvalue weighted by Crippen LogP contribution is 2.35. The van der Waals surface area contributed by atoms with Gasteiger partial charge in [0.1, 0.15) is 11.6 Å². The van der Waals surface area contributed by atoms with E-state index in [4.69, 9.17) is 0 Å². The SMILES string of the molecule is CCNC(c1cc(F)cc(F)c1)C1CCCCS1. The van der Waals surface area contributed by atoms with Crippen LogP contribution >= 0.6 is 11.8 Å². The maximum atomic E-state index is 13.3. The molecule has 1 saturated heterocycles. The van der Waals surface area contributed by atoms with Crippen LogP contribution in [0.1, 0.15) is 37.8 Å². The van der Waals surface area contributed by atoms with Gasteiger partial charge in [0.2, 0.25) is 0 Å². The van der Waals surface area contributed by atoms with E-state index in [1.165, 1.54) is 25.0 Å². The zero-order valence-corrected chi connectivity index (χ0v) is 11.4. The number of halogens is 2. The average Bonchev–Trinajstić information content (AvgIpc) is 2.36. The summed E-state index contributed by atoms with van der Waals surface area (Å²) in [5, 5.41) is 3.79. The Labute approximate surface area is 111 Å². The molecule has 1 N–H and O–H groups in total. The van der Waals surface area contributed by atoms with E-state index in [1.54, 1.807) is 0 Å². The minimum absolute atomic E-state index is 0.0468. The second kappa shape index (κ2) is 6.53. The molecule has 2 atom stereocenters. The van der Waals surface area contributed by atoms with E-state index in [-0.39, 0.29) is 6.04 Å². The maximum Gasteiger partial charge on any atom is 0.126 e. The summed E-state index contributed by atoms with van der Waals surface area (Å²) < 4.78 is 26.6. The van der Waals surface area contributed by atoms with Crippen LogP contribution in [0.3, 0.4) is 0 Å². The Bertz CT molecular complexity index is 371. The average molecular weight is 271 g/mol. The third-order valence-electron chi connectivity index (χ3n) is 3.25. The number of nitrogens with one attached hydrogen (secondary N) is 1. The molecule has 2 unspecified atom stereocenters.